The molecule has 1 saturated heterocycles. The predicted molar refractivity (Wildman–Crippen MR) is 118 cm³/mol. The molecule has 0 unspecified atom stereocenters. The van der Waals surface area contributed by atoms with Gasteiger partial charge < -0.3 is 4.90 Å². The quantitative estimate of drug-likeness (QED) is 0.575. The molecule has 0 atom stereocenters. The van der Waals surface area contributed by atoms with Crippen LogP contribution in [0.15, 0.2) is 30.5 Å². The number of rotatable bonds is 6. The van der Waals surface area contributed by atoms with E-state index in [0.717, 1.165) is 58.0 Å². The minimum absolute atomic E-state index is 0.0390. The van der Waals surface area contributed by atoms with Crippen LogP contribution in [0.4, 0.5) is 4.39 Å². The van der Waals surface area contributed by atoms with Crippen LogP contribution >= 0.6 is 11.3 Å². The first-order valence-corrected chi connectivity index (χ1v) is 11.2. The second-order valence-electron chi connectivity index (χ2n) is 8.78. The summed E-state index contributed by atoms with van der Waals surface area (Å²) >= 11 is 1.57. The second-order valence-corrected chi connectivity index (χ2v) is 9.96. The highest BCUT2D eigenvalue weighted by molar-refractivity contribution is 7.14. The van der Waals surface area contributed by atoms with Crippen LogP contribution in [-0.4, -0.2) is 51.2 Å². The van der Waals surface area contributed by atoms with Crippen LogP contribution < -0.4 is 0 Å². The molecule has 1 aliphatic heterocycles. The first kappa shape index (κ1) is 21.0. The van der Waals surface area contributed by atoms with Crippen molar-refractivity contribution >= 4 is 27.9 Å². The van der Waals surface area contributed by atoms with Gasteiger partial charge in [0.2, 0.25) is 0 Å². The van der Waals surface area contributed by atoms with Crippen molar-refractivity contribution < 1.29 is 9.18 Å². The van der Waals surface area contributed by atoms with Gasteiger partial charge in [-0.3, -0.25) is 9.78 Å². The van der Waals surface area contributed by atoms with E-state index in [1.165, 1.54) is 0 Å². The lowest BCUT2D eigenvalue weighted by Gasteiger charge is -2.33. The lowest BCUT2D eigenvalue weighted by Crippen LogP contribution is -2.42. The zero-order valence-electron chi connectivity index (χ0n) is 17.7. The number of fused-ring (bicyclic) bond motifs is 1. The fourth-order valence-corrected chi connectivity index (χ4v) is 4.79. The van der Waals surface area contributed by atoms with E-state index in [-0.39, 0.29) is 11.7 Å². The monoisotopic (exact) mass is 426 g/mol. The number of carbonyl (C=O) groups is 1. The summed E-state index contributed by atoms with van der Waals surface area (Å²) in [6.07, 6.45) is 3.77. The van der Waals surface area contributed by atoms with Crippen molar-refractivity contribution in [3.05, 3.63) is 41.2 Å². The van der Waals surface area contributed by atoms with Crippen molar-refractivity contribution in [2.24, 2.45) is 5.92 Å². The highest BCUT2D eigenvalue weighted by Crippen LogP contribution is 2.27. The molecule has 158 valence electrons. The summed E-state index contributed by atoms with van der Waals surface area (Å²) in [6, 6.07) is 8.15. The van der Waals surface area contributed by atoms with Gasteiger partial charge in [0.1, 0.15) is 21.5 Å². The third-order valence-corrected chi connectivity index (χ3v) is 6.44. The maximum absolute atomic E-state index is 13.9. The van der Waals surface area contributed by atoms with E-state index in [0.29, 0.717) is 13.0 Å². The summed E-state index contributed by atoms with van der Waals surface area (Å²) in [6.45, 7) is 7.13. The molecule has 0 spiro atoms. The zero-order chi connectivity index (χ0) is 21.3. The number of piperidine rings is 1. The number of benzene rings is 1. The molecule has 7 heteroatoms. The summed E-state index contributed by atoms with van der Waals surface area (Å²) in [5.74, 6) is 0.272. The van der Waals surface area contributed by atoms with Crippen molar-refractivity contribution in [3.63, 3.8) is 0 Å². The van der Waals surface area contributed by atoms with Crippen LogP contribution in [-0.2, 0) is 11.2 Å². The molecule has 1 aromatic carbocycles. The highest BCUT2D eigenvalue weighted by atomic mass is 32.1. The van der Waals surface area contributed by atoms with Crippen molar-refractivity contribution in [2.45, 2.75) is 45.7 Å². The topological polar surface area (TPSA) is 59.0 Å². The van der Waals surface area contributed by atoms with Gasteiger partial charge >= 0.3 is 0 Å². The predicted octanol–water partition coefficient (Wildman–Crippen LogP) is 4.63. The van der Waals surface area contributed by atoms with Crippen molar-refractivity contribution in [1.29, 1.82) is 0 Å². The van der Waals surface area contributed by atoms with E-state index in [2.05, 4.69) is 26.1 Å². The number of hydrogen-bond acceptors (Lipinski definition) is 6. The summed E-state index contributed by atoms with van der Waals surface area (Å²) < 4.78 is 13.9. The number of aromatic nitrogens is 3. The van der Waals surface area contributed by atoms with Crippen LogP contribution in [0.3, 0.4) is 0 Å². The third kappa shape index (κ3) is 5.08. The molecule has 30 heavy (non-hydrogen) atoms. The molecule has 5 nitrogen and oxygen atoms in total. The van der Waals surface area contributed by atoms with Gasteiger partial charge in [0.15, 0.2) is 0 Å². The van der Waals surface area contributed by atoms with Gasteiger partial charge in [-0.15, -0.1) is 10.2 Å². The standard InChI is InChI=1S/C23H27FN4OS/c1-15-26-27-22(30-15)17-4-5-18-13-25-20(11-19(18)10-17)12-21(29)16-6-8-28(9-7-16)14-23(2,3)24/h4-5,10-11,13,16H,6-9,12,14H2,1-3H3. The second kappa shape index (κ2) is 8.47. The van der Waals surface area contributed by atoms with Gasteiger partial charge in [0.25, 0.3) is 0 Å². The van der Waals surface area contributed by atoms with Gasteiger partial charge in [0, 0.05) is 41.7 Å². The van der Waals surface area contributed by atoms with E-state index in [1.54, 1.807) is 25.2 Å². The minimum Gasteiger partial charge on any atom is -0.300 e. The van der Waals surface area contributed by atoms with E-state index in [4.69, 9.17) is 0 Å². The fourth-order valence-electron chi connectivity index (χ4n) is 4.10. The van der Waals surface area contributed by atoms with Crippen LogP contribution in [0.25, 0.3) is 21.3 Å². The molecule has 0 saturated carbocycles. The van der Waals surface area contributed by atoms with E-state index in [1.807, 2.05) is 31.3 Å². The molecule has 2 aromatic heterocycles. The summed E-state index contributed by atoms with van der Waals surface area (Å²) in [4.78, 5) is 19.5. The third-order valence-electron chi connectivity index (χ3n) is 5.55. The number of alkyl halides is 1. The molecule has 0 amide bonds. The van der Waals surface area contributed by atoms with Gasteiger partial charge in [-0.25, -0.2) is 4.39 Å². The van der Waals surface area contributed by atoms with Gasteiger partial charge in [-0.1, -0.05) is 23.5 Å². The van der Waals surface area contributed by atoms with E-state index < -0.39 is 5.67 Å². The number of likely N-dealkylation sites (tertiary alicyclic amines) is 1. The maximum Gasteiger partial charge on any atom is 0.147 e. The Morgan fingerprint density at radius 2 is 1.97 bits per heavy atom. The number of ketones is 1. The first-order valence-electron chi connectivity index (χ1n) is 10.4. The minimum atomic E-state index is -1.20. The Morgan fingerprint density at radius 3 is 2.63 bits per heavy atom. The number of hydrogen-bond donors (Lipinski definition) is 0. The molecular formula is C23H27FN4OS. The number of Topliss-reactive ketones (excluding diaryl/α,β-unsaturated/α-hetero) is 1. The largest absolute Gasteiger partial charge is 0.300 e. The zero-order valence-corrected chi connectivity index (χ0v) is 18.5. The molecular weight excluding hydrogens is 399 g/mol. The van der Waals surface area contributed by atoms with Gasteiger partial charge in [0.05, 0.1) is 0 Å². The van der Waals surface area contributed by atoms with Gasteiger partial charge in [-0.2, -0.15) is 0 Å². The summed E-state index contributed by atoms with van der Waals surface area (Å²) in [5.41, 5.74) is 0.628. The molecule has 3 heterocycles. The molecule has 1 aliphatic rings. The lowest BCUT2D eigenvalue weighted by molar-refractivity contribution is -0.123. The van der Waals surface area contributed by atoms with Crippen LogP contribution in [0.1, 0.15) is 37.4 Å². The van der Waals surface area contributed by atoms with Crippen LogP contribution in [0.5, 0.6) is 0 Å². The number of halogens is 1. The lowest BCUT2D eigenvalue weighted by atomic mass is 9.89. The average Bonchev–Trinajstić information content (AvgIpc) is 3.13. The smallest absolute Gasteiger partial charge is 0.147 e. The van der Waals surface area contributed by atoms with Gasteiger partial charge in [-0.05, 0) is 64.2 Å². The molecule has 4 rings (SSSR count). The highest BCUT2D eigenvalue weighted by Gasteiger charge is 2.28. The van der Waals surface area contributed by atoms with Crippen LogP contribution in [0, 0.1) is 12.8 Å². The summed E-state index contributed by atoms with van der Waals surface area (Å²) in [7, 11) is 0. The molecule has 1 fully saturated rings. The molecule has 0 radical (unpaired) electrons. The fraction of sp³-hybridized carbons (Fsp3) is 0.478. The molecule has 0 N–H and O–H groups in total. The average molecular weight is 427 g/mol. The Morgan fingerprint density at radius 1 is 1.20 bits per heavy atom. The SMILES string of the molecule is Cc1nnc(-c2ccc3cnc(CC(=O)C4CCN(CC(C)(C)F)CC4)cc3c2)s1. The number of nitrogens with zero attached hydrogens (tertiary/aromatic N) is 4. The molecule has 3 aromatic rings. The first-order chi connectivity index (χ1) is 14.3. The summed E-state index contributed by atoms with van der Waals surface area (Å²) in [5, 5.41) is 12.2. The van der Waals surface area contributed by atoms with Crippen molar-refractivity contribution in [2.75, 3.05) is 19.6 Å². The maximum atomic E-state index is 13.9. The Hall–Kier alpha value is -2.25. The normalized spacial score (nSPS) is 16.3. The Kier molecular flexibility index (Phi) is 5.93. The van der Waals surface area contributed by atoms with Crippen LogP contribution in [0.2, 0.25) is 0 Å². The number of carbonyl (C=O) groups excluding carboxylic acids is 1. The van der Waals surface area contributed by atoms with E-state index >= 15 is 0 Å². The Balaban J connectivity index is 1.43. The van der Waals surface area contributed by atoms with Crippen molar-refractivity contribution in [3.8, 4) is 10.6 Å². The number of pyridine rings is 1. The molecule has 0 bridgehead atoms. The Labute approximate surface area is 180 Å². The van der Waals surface area contributed by atoms with Crippen molar-refractivity contribution in [1.82, 2.24) is 20.1 Å². The molecule has 0 aliphatic carbocycles. The van der Waals surface area contributed by atoms with E-state index in [9.17, 15) is 9.18 Å². The number of aryl methyl sites for hydroxylation is 1. The Bertz CT molecular complexity index is 1050.